The Kier molecular flexibility index (Phi) is 4.73. The van der Waals surface area contributed by atoms with Gasteiger partial charge in [-0.15, -0.1) is 0 Å². The van der Waals surface area contributed by atoms with Crippen molar-refractivity contribution in [2.75, 3.05) is 20.1 Å². The number of hydrogen-bond acceptors (Lipinski definition) is 4. The van der Waals surface area contributed by atoms with Crippen LogP contribution in [0.1, 0.15) is 12.1 Å². The first-order valence-electron chi connectivity index (χ1n) is 7.83. The summed E-state index contributed by atoms with van der Waals surface area (Å²) in [6.45, 7) is 1.69. The summed E-state index contributed by atoms with van der Waals surface area (Å²) in [5, 5.41) is 11.5. The zero-order valence-corrected chi connectivity index (χ0v) is 14.4. The number of nitrogens with one attached hydrogen (secondary N) is 2. The number of nitrogens with zero attached hydrogens (tertiary/aromatic N) is 3. The standard InChI is InChI=1S/C16H20ClN5O2/c1-18-14(23)8-13-16(24)19-6-7-22(13)9-11-15-10(17)4-3-5-12(15)21(2)20-11/h3-5,13H,6-9H2,1-2H3,(H,18,23)(H,19,24)/t13-/m0/s1. The molecule has 0 unspecified atom stereocenters. The van der Waals surface area contributed by atoms with Gasteiger partial charge in [0.05, 0.1) is 28.7 Å². The molecule has 24 heavy (non-hydrogen) atoms. The maximum atomic E-state index is 12.2. The van der Waals surface area contributed by atoms with Gasteiger partial charge in [-0.1, -0.05) is 17.7 Å². The highest BCUT2D eigenvalue weighted by molar-refractivity contribution is 6.35. The number of fused-ring (bicyclic) bond motifs is 1. The van der Waals surface area contributed by atoms with Crippen molar-refractivity contribution in [2.24, 2.45) is 7.05 Å². The number of piperazine rings is 1. The van der Waals surface area contributed by atoms with Crippen molar-refractivity contribution in [3.63, 3.8) is 0 Å². The Morgan fingerprint density at radius 3 is 3.04 bits per heavy atom. The summed E-state index contributed by atoms with van der Waals surface area (Å²) >= 11 is 6.35. The van der Waals surface area contributed by atoms with Crippen LogP contribution >= 0.6 is 11.6 Å². The highest BCUT2D eigenvalue weighted by Crippen LogP contribution is 2.28. The third-order valence-corrected chi connectivity index (χ3v) is 4.67. The van der Waals surface area contributed by atoms with E-state index in [2.05, 4.69) is 15.7 Å². The first kappa shape index (κ1) is 16.7. The van der Waals surface area contributed by atoms with Gasteiger partial charge in [0, 0.05) is 39.1 Å². The number of aryl methyl sites for hydroxylation is 1. The molecule has 3 rings (SSSR count). The zero-order chi connectivity index (χ0) is 17.3. The Hall–Kier alpha value is -2.12. The average Bonchev–Trinajstić information content (AvgIpc) is 2.88. The summed E-state index contributed by atoms with van der Waals surface area (Å²) in [5.74, 6) is -0.290. The van der Waals surface area contributed by atoms with Crippen molar-refractivity contribution < 1.29 is 9.59 Å². The second kappa shape index (κ2) is 6.78. The van der Waals surface area contributed by atoms with Crippen LogP contribution in [0.4, 0.5) is 0 Å². The number of carbonyl (C=O) groups is 2. The highest BCUT2D eigenvalue weighted by atomic mass is 35.5. The van der Waals surface area contributed by atoms with Gasteiger partial charge in [0.1, 0.15) is 0 Å². The van der Waals surface area contributed by atoms with Crippen molar-refractivity contribution in [3.05, 3.63) is 28.9 Å². The van der Waals surface area contributed by atoms with Crippen molar-refractivity contribution in [3.8, 4) is 0 Å². The van der Waals surface area contributed by atoms with Gasteiger partial charge in [0.15, 0.2) is 0 Å². The van der Waals surface area contributed by atoms with Crippen LogP contribution in [0.15, 0.2) is 18.2 Å². The maximum Gasteiger partial charge on any atom is 0.237 e. The van der Waals surface area contributed by atoms with Gasteiger partial charge in [0.25, 0.3) is 0 Å². The molecule has 1 aromatic carbocycles. The molecule has 0 aliphatic carbocycles. The van der Waals surface area contributed by atoms with E-state index in [0.717, 1.165) is 16.6 Å². The third kappa shape index (κ3) is 3.09. The van der Waals surface area contributed by atoms with Crippen LogP contribution < -0.4 is 10.6 Å². The zero-order valence-electron chi connectivity index (χ0n) is 13.7. The van der Waals surface area contributed by atoms with E-state index < -0.39 is 6.04 Å². The first-order valence-corrected chi connectivity index (χ1v) is 8.21. The topological polar surface area (TPSA) is 79.3 Å². The molecule has 2 aromatic rings. The molecule has 1 aliphatic heterocycles. The normalized spacial score (nSPS) is 18.6. The number of amides is 2. The van der Waals surface area contributed by atoms with Crippen LogP contribution in [0.2, 0.25) is 5.02 Å². The molecule has 8 heteroatoms. The Bertz CT molecular complexity index is 788. The van der Waals surface area contributed by atoms with Crippen LogP contribution in [0.3, 0.4) is 0 Å². The number of carbonyl (C=O) groups excluding carboxylic acids is 2. The predicted octanol–water partition coefficient (Wildman–Crippen LogP) is 0.663. The Balaban J connectivity index is 1.91. The fourth-order valence-electron chi connectivity index (χ4n) is 3.11. The lowest BCUT2D eigenvalue weighted by molar-refractivity contribution is -0.134. The average molecular weight is 350 g/mol. The molecule has 1 atom stereocenters. The van der Waals surface area contributed by atoms with E-state index in [0.29, 0.717) is 24.7 Å². The molecular formula is C16H20ClN5O2. The maximum absolute atomic E-state index is 12.2. The molecule has 2 heterocycles. The largest absolute Gasteiger partial charge is 0.359 e. The van der Waals surface area contributed by atoms with Crippen LogP contribution in [0.25, 0.3) is 10.9 Å². The molecular weight excluding hydrogens is 330 g/mol. The van der Waals surface area contributed by atoms with Gasteiger partial charge < -0.3 is 10.6 Å². The van der Waals surface area contributed by atoms with Crippen molar-refractivity contribution in [2.45, 2.75) is 19.0 Å². The number of hydrogen-bond donors (Lipinski definition) is 2. The monoisotopic (exact) mass is 349 g/mol. The van der Waals surface area contributed by atoms with Gasteiger partial charge in [-0.05, 0) is 12.1 Å². The highest BCUT2D eigenvalue weighted by Gasteiger charge is 2.32. The Morgan fingerprint density at radius 1 is 1.50 bits per heavy atom. The van der Waals surface area contributed by atoms with E-state index in [1.165, 1.54) is 0 Å². The smallest absolute Gasteiger partial charge is 0.237 e. The van der Waals surface area contributed by atoms with E-state index in [9.17, 15) is 9.59 Å². The molecule has 1 fully saturated rings. The molecule has 1 aromatic heterocycles. The summed E-state index contributed by atoms with van der Waals surface area (Å²) in [6, 6.07) is 5.18. The van der Waals surface area contributed by atoms with Crippen molar-refractivity contribution in [1.82, 2.24) is 25.3 Å². The lowest BCUT2D eigenvalue weighted by Crippen LogP contribution is -2.56. The molecule has 2 amide bonds. The van der Waals surface area contributed by atoms with Crippen LogP contribution in [0.5, 0.6) is 0 Å². The Morgan fingerprint density at radius 2 is 2.29 bits per heavy atom. The van der Waals surface area contributed by atoms with E-state index >= 15 is 0 Å². The SMILES string of the molecule is CNC(=O)C[C@H]1C(=O)NCCN1Cc1nn(C)c2cccc(Cl)c12. The summed E-state index contributed by atoms with van der Waals surface area (Å²) in [4.78, 5) is 25.9. The fourth-order valence-corrected chi connectivity index (χ4v) is 3.39. The van der Waals surface area contributed by atoms with Gasteiger partial charge in [0.2, 0.25) is 11.8 Å². The predicted molar refractivity (Wildman–Crippen MR) is 91.6 cm³/mol. The summed E-state index contributed by atoms with van der Waals surface area (Å²) in [6.07, 6.45) is 0.126. The second-order valence-electron chi connectivity index (χ2n) is 5.86. The summed E-state index contributed by atoms with van der Waals surface area (Å²) < 4.78 is 1.79. The minimum atomic E-state index is -0.502. The fraction of sp³-hybridized carbons (Fsp3) is 0.438. The number of benzene rings is 1. The number of rotatable bonds is 4. The Labute approximate surface area is 144 Å². The molecule has 7 nitrogen and oxygen atoms in total. The number of aromatic nitrogens is 2. The van der Waals surface area contributed by atoms with E-state index in [-0.39, 0.29) is 18.2 Å². The van der Waals surface area contributed by atoms with Gasteiger partial charge in [-0.25, -0.2) is 0 Å². The van der Waals surface area contributed by atoms with E-state index in [1.54, 1.807) is 11.7 Å². The van der Waals surface area contributed by atoms with Gasteiger partial charge >= 0.3 is 0 Å². The van der Waals surface area contributed by atoms with E-state index in [4.69, 9.17) is 11.6 Å². The van der Waals surface area contributed by atoms with Crippen molar-refractivity contribution >= 4 is 34.3 Å². The van der Waals surface area contributed by atoms with Crippen LogP contribution in [-0.2, 0) is 23.2 Å². The second-order valence-corrected chi connectivity index (χ2v) is 6.27. The first-order chi connectivity index (χ1) is 11.5. The molecule has 1 aliphatic rings. The van der Waals surface area contributed by atoms with Crippen LogP contribution in [0, 0.1) is 0 Å². The lowest BCUT2D eigenvalue weighted by Gasteiger charge is -2.34. The van der Waals surface area contributed by atoms with Gasteiger partial charge in [-0.3, -0.25) is 19.2 Å². The molecule has 0 spiro atoms. The number of halogens is 1. The molecule has 0 saturated carbocycles. The summed E-state index contributed by atoms with van der Waals surface area (Å²) in [7, 11) is 3.44. The summed E-state index contributed by atoms with van der Waals surface area (Å²) in [5.41, 5.74) is 1.76. The molecule has 0 bridgehead atoms. The minimum absolute atomic E-state index is 0.126. The molecule has 2 N–H and O–H groups in total. The lowest BCUT2D eigenvalue weighted by atomic mass is 10.1. The molecule has 1 saturated heterocycles. The van der Waals surface area contributed by atoms with E-state index in [1.807, 2.05) is 30.1 Å². The van der Waals surface area contributed by atoms with Crippen LogP contribution in [-0.4, -0.2) is 52.7 Å². The quantitative estimate of drug-likeness (QED) is 0.850. The van der Waals surface area contributed by atoms with Crippen molar-refractivity contribution in [1.29, 1.82) is 0 Å². The minimum Gasteiger partial charge on any atom is -0.359 e. The molecule has 128 valence electrons. The third-order valence-electron chi connectivity index (χ3n) is 4.35. The van der Waals surface area contributed by atoms with Gasteiger partial charge in [-0.2, -0.15) is 5.10 Å². The molecule has 0 radical (unpaired) electrons.